The molecule has 0 bridgehead atoms. The van der Waals surface area contributed by atoms with Crippen LogP contribution in [0.5, 0.6) is 0 Å². The number of rotatable bonds is 7. The third-order valence-electron chi connectivity index (χ3n) is 3.99. The van der Waals surface area contributed by atoms with Gasteiger partial charge in [-0.05, 0) is 25.0 Å². The van der Waals surface area contributed by atoms with Crippen molar-refractivity contribution in [2.75, 3.05) is 26.2 Å². The zero-order valence-electron chi connectivity index (χ0n) is 13.8. The molecule has 5 heteroatoms. The van der Waals surface area contributed by atoms with Crippen molar-refractivity contribution in [1.29, 1.82) is 0 Å². The van der Waals surface area contributed by atoms with Gasteiger partial charge in [-0.2, -0.15) is 0 Å². The molecule has 0 aromatic heterocycles. The van der Waals surface area contributed by atoms with Crippen LogP contribution in [0.3, 0.4) is 0 Å². The van der Waals surface area contributed by atoms with Crippen molar-refractivity contribution in [2.24, 2.45) is 0 Å². The standard InChI is InChI=1S/C18H26N2O3/c1-2-7-16-14-20(12-13-23-16)17(21)10-6-11-19-18(22)15-8-4-3-5-9-15/h3-5,8-9,16H,2,6-7,10-14H2,1H3,(H,19,22)/t16-/m0/s1. The zero-order valence-corrected chi connectivity index (χ0v) is 13.8. The van der Waals surface area contributed by atoms with Crippen molar-refractivity contribution < 1.29 is 14.3 Å². The van der Waals surface area contributed by atoms with Crippen LogP contribution in [-0.2, 0) is 9.53 Å². The fourth-order valence-corrected chi connectivity index (χ4v) is 2.73. The number of carbonyl (C=O) groups is 2. The van der Waals surface area contributed by atoms with E-state index in [1.54, 1.807) is 12.1 Å². The van der Waals surface area contributed by atoms with Gasteiger partial charge in [0.1, 0.15) is 0 Å². The van der Waals surface area contributed by atoms with Gasteiger partial charge in [0.15, 0.2) is 0 Å². The number of carbonyl (C=O) groups excluding carboxylic acids is 2. The zero-order chi connectivity index (χ0) is 16.5. The van der Waals surface area contributed by atoms with Gasteiger partial charge in [-0.15, -0.1) is 0 Å². The Hall–Kier alpha value is -1.88. The molecule has 1 fully saturated rings. The maximum absolute atomic E-state index is 12.2. The van der Waals surface area contributed by atoms with Gasteiger partial charge >= 0.3 is 0 Å². The summed E-state index contributed by atoms with van der Waals surface area (Å²) in [6, 6.07) is 9.11. The fraction of sp³-hybridized carbons (Fsp3) is 0.556. The van der Waals surface area contributed by atoms with Gasteiger partial charge in [0.2, 0.25) is 5.91 Å². The topological polar surface area (TPSA) is 58.6 Å². The van der Waals surface area contributed by atoms with E-state index >= 15 is 0 Å². The Morgan fingerprint density at radius 1 is 1.30 bits per heavy atom. The smallest absolute Gasteiger partial charge is 0.251 e. The van der Waals surface area contributed by atoms with Crippen LogP contribution < -0.4 is 5.32 Å². The molecule has 0 unspecified atom stereocenters. The van der Waals surface area contributed by atoms with Gasteiger partial charge in [-0.25, -0.2) is 0 Å². The minimum Gasteiger partial charge on any atom is -0.375 e. The average Bonchev–Trinajstić information content (AvgIpc) is 2.59. The molecule has 0 radical (unpaired) electrons. The van der Waals surface area contributed by atoms with Crippen molar-refractivity contribution in [3.05, 3.63) is 35.9 Å². The Kier molecular flexibility index (Phi) is 7.07. The van der Waals surface area contributed by atoms with Crippen molar-refractivity contribution in [2.45, 2.75) is 38.7 Å². The quantitative estimate of drug-likeness (QED) is 0.784. The number of amides is 2. The lowest BCUT2D eigenvalue weighted by Crippen LogP contribution is -2.45. The largest absolute Gasteiger partial charge is 0.375 e. The lowest BCUT2D eigenvalue weighted by atomic mass is 10.1. The second-order valence-electron chi connectivity index (χ2n) is 5.85. The number of benzene rings is 1. The molecule has 2 amide bonds. The highest BCUT2D eigenvalue weighted by molar-refractivity contribution is 5.94. The summed E-state index contributed by atoms with van der Waals surface area (Å²) in [5, 5.41) is 2.85. The van der Waals surface area contributed by atoms with Gasteiger partial charge in [-0.3, -0.25) is 9.59 Å². The summed E-state index contributed by atoms with van der Waals surface area (Å²) < 4.78 is 5.65. The molecule has 1 heterocycles. The van der Waals surface area contributed by atoms with Crippen LogP contribution in [0.25, 0.3) is 0 Å². The van der Waals surface area contributed by atoms with E-state index in [1.807, 2.05) is 23.1 Å². The first-order valence-electron chi connectivity index (χ1n) is 8.43. The summed E-state index contributed by atoms with van der Waals surface area (Å²) in [5.41, 5.74) is 0.648. The summed E-state index contributed by atoms with van der Waals surface area (Å²) in [6.07, 6.45) is 3.37. The molecule has 5 nitrogen and oxygen atoms in total. The van der Waals surface area contributed by atoms with Gasteiger partial charge in [0, 0.05) is 31.6 Å². The van der Waals surface area contributed by atoms with Crippen LogP contribution in [-0.4, -0.2) is 49.1 Å². The van der Waals surface area contributed by atoms with E-state index in [2.05, 4.69) is 12.2 Å². The second-order valence-corrected chi connectivity index (χ2v) is 5.85. The molecule has 1 atom stereocenters. The van der Waals surface area contributed by atoms with Crippen LogP contribution in [0.4, 0.5) is 0 Å². The Balaban J connectivity index is 1.65. The Labute approximate surface area is 138 Å². The minimum atomic E-state index is -0.0903. The van der Waals surface area contributed by atoms with E-state index in [0.29, 0.717) is 44.6 Å². The second kappa shape index (κ2) is 9.30. The normalized spacial score (nSPS) is 17.8. The monoisotopic (exact) mass is 318 g/mol. The highest BCUT2D eigenvalue weighted by Crippen LogP contribution is 2.12. The van der Waals surface area contributed by atoms with Gasteiger partial charge in [0.05, 0.1) is 12.7 Å². The van der Waals surface area contributed by atoms with E-state index in [-0.39, 0.29) is 17.9 Å². The molecule has 0 aliphatic carbocycles. The van der Waals surface area contributed by atoms with E-state index in [0.717, 1.165) is 12.8 Å². The predicted molar refractivity (Wildman–Crippen MR) is 89.2 cm³/mol. The summed E-state index contributed by atoms with van der Waals surface area (Å²) in [5.74, 6) is 0.0656. The average molecular weight is 318 g/mol. The van der Waals surface area contributed by atoms with Crippen LogP contribution >= 0.6 is 0 Å². The van der Waals surface area contributed by atoms with E-state index in [1.165, 1.54) is 0 Å². The molecule has 2 rings (SSSR count). The molecular formula is C18H26N2O3. The number of nitrogens with zero attached hydrogens (tertiary/aromatic N) is 1. The van der Waals surface area contributed by atoms with Crippen LogP contribution in [0.15, 0.2) is 30.3 Å². The van der Waals surface area contributed by atoms with Gasteiger partial charge in [-0.1, -0.05) is 31.5 Å². The van der Waals surface area contributed by atoms with Crippen molar-refractivity contribution in [3.8, 4) is 0 Å². The van der Waals surface area contributed by atoms with E-state index < -0.39 is 0 Å². The van der Waals surface area contributed by atoms with Gasteiger partial charge < -0.3 is 15.0 Å². The van der Waals surface area contributed by atoms with Crippen LogP contribution in [0.2, 0.25) is 0 Å². The molecule has 0 saturated carbocycles. The van der Waals surface area contributed by atoms with Crippen LogP contribution in [0.1, 0.15) is 43.0 Å². The van der Waals surface area contributed by atoms with Gasteiger partial charge in [0.25, 0.3) is 5.91 Å². The molecule has 1 aliphatic heterocycles. The molecule has 1 aromatic rings. The minimum absolute atomic E-state index is 0.0903. The summed E-state index contributed by atoms with van der Waals surface area (Å²) in [4.78, 5) is 26.0. The Morgan fingerprint density at radius 3 is 2.83 bits per heavy atom. The number of morpholine rings is 1. The Morgan fingerprint density at radius 2 is 2.09 bits per heavy atom. The summed E-state index contributed by atoms with van der Waals surface area (Å²) >= 11 is 0. The number of hydrogen-bond donors (Lipinski definition) is 1. The molecular weight excluding hydrogens is 292 g/mol. The van der Waals surface area contributed by atoms with Crippen molar-refractivity contribution in [1.82, 2.24) is 10.2 Å². The number of hydrogen-bond acceptors (Lipinski definition) is 3. The third kappa shape index (κ3) is 5.67. The Bertz CT molecular complexity index is 502. The summed E-state index contributed by atoms with van der Waals surface area (Å²) in [6.45, 7) is 4.64. The number of nitrogens with one attached hydrogen (secondary N) is 1. The first kappa shape index (κ1) is 17.5. The van der Waals surface area contributed by atoms with Crippen molar-refractivity contribution >= 4 is 11.8 Å². The fourth-order valence-electron chi connectivity index (χ4n) is 2.73. The maximum Gasteiger partial charge on any atom is 0.251 e. The SMILES string of the molecule is CCC[C@H]1CN(C(=O)CCCNC(=O)c2ccccc2)CCO1. The molecule has 0 spiro atoms. The maximum atomic E-state index is 12.2. The predicted octanol–water partition coefficient (Wildman–Crippen LogP) is 2.22. The first-order valence-corrected chi connectivity index (χ1v) is 8.43. The molecule has 126 valence electrons. The summed E-state index contributed by atoms with van der Waals surface area (Å²) in [7, 11) is 0. The lowest BCUT2D eigenvalue weighted by molar-refractivity contribution is -0.139. The van der Waals surface area contributed by atoms with Crippen LogP contribution in [0, 0.1) is 0 Å². The molecule has 1 aromatic carbocycles. The molecule has 1 aliphatic rings. The first-order chi connectivity index (χ1) is 11.2. The lowest BCUT2D eigenvalue weighted by Gasteiger charge is -2.33. The van der Waals surface area contributed by atoms with E-state index in [4.69, 9.17) is 4.74 Å². The van der Waals surface area contributed by atoms with E-state index in [9.17, 15) is 9.59 Å². The van der Waals surface area contributed by atoms with Crippen molar-refractivity contribution in [3.63, 3.8) is 0 Å². The third-order valence-corrected chi connectivity index (χ3v) is 3.99. The molecule has 1 N–H and O–H groups in total. The highest BCUT2D eigenvalue weighted by Gasteiger charge is 2.23. The highest BCUT2D eigenvalue weighted by atomic mass is 16.5. The number of ether oxygens (including phenoxy) is 1. The molecule has 23 heavy (non-hydrogen) atoms. The molecule has 1 saturated heterocycles.